The number of sulfone groups is 1. The number of H-pyrrole nitrogens is 1. The van der Waals surface area contributed by atoms with E-state index in [9.17, 15) is 45.5 Å². The third kappa shape index (κ3) is 10.4. The molecule has 1 aliphatic heterocycles. The largest absolute Gasteiger partial charge is 0.417 e. The van der Waals surface area contributed by atoms with Gasteiger partial charge in [-0.25, -0.2) is 17.9 Å². The second kappa shape index (κ2) is 18.4. The van der Waals surface area contributed by atoms with Crippen molar-refractivity contribution in [3.8, 4) is 6.07 Å². The van der Waals surface area contributed by atoms with Gasteiger partial charge in [0, 0.05) is 68.6 Å². The lowest BCUT2D eigenvalue weighted by Gasteiger charge is -2.34. The zero-order chi connectivity index (χ0) is 45.8. The van der Waals surface area contributed by atoms with Crippen LogP contribution in [0.25, 0.3) is 10.8 Å². The van der Waals surface area contributed by atoms with Gasteiger partial charge in [0.2, 0.25) is 0 Å². The van der Waals surface area contributed by atoms with E-state index in [4.69, 9.17) is 5.26 Å². The maximum atomic E-state index is 15.0. The number of carbonyl (C=O) groups is 2. The predicted octanol–water partition coefficient (Wildman–Crippen LogP) is 4.37. The lowest BCUT2D eigenvalue weighted by atomic mass is 10.0. The lowest BCUT2D eigenvalue weighted by molar-refractivity contribution is -0.137. The first-order chi connectivity index (χ1) is 30.4. The van der Waals surface area contributed by atoms with Crippen molar-refractivity contribution < 1.29 is 40.7 Å². The van der Waals surface area contributed by atoms with Crippen LogP contribution in [-0.4, -0.2) is 104 Å². The quantitative estimate of drug-likeness (QED) is 0.112. The van der Waals surface area contributed by atoms with Gasteiger partial charge in [-0.15, -0.1) is 5.10 Å². The summed E-state index contributed by atoms with van der Waals surface area (Å²) in [5.41, 5.74) is -2.71. The Bertz CT molecular complexity index is 2920. The van der Waals surface area contributed by atoms with Crippen molar-refractivity contribution in [2.45, 2.75) is 43.1 Å². The maximum Gasteiger partial charge on any atom is 0.417 e. The minimum Gasteiger partial charge on any atom is -0.383 e. The van der Waals surface area contributed by atoms with Crippen LogP contribution in [0.3, 0.4) is 0 Å². The lowest BCUT2D eigenvalue weighted by Crippen LogP contribution is -2.48. The van der Waals surface area contributed by atoms with E-state index in [1.807, 2.05) is 0 Å². The molecule has 0 saturated carbocycles. The van der Waals surface area contributed by atoms with Crippen molar-refractivity contribution in [3.63, 3.8) is 0 Å². The molecule has 64 heavy (non-hydrogen) atoms. The molecule has 6 aromatic rings. The van der Waals surface area contributed by atoms with Crippen molar-refractivity contribution in [1.29, 1.82) is 5.26 Å². The highest BCUT2D eigenvalue weighted by atomic mass is 32.2. The first-order valence-corrected chi connectivity index (χ1v) is 21.4. The third-order valence-electron chi connectivity index (χ3n) is 10.6. The summed E-state index contributed by atoms with van der Waals surface area (Å²) in [6.07, 6.45) is -2.82. The number of nitriles is 1. The molecule has 0 radical (unpaired) electrons. The van der Waals surface area contributed by atoms with Crippen molar-refractivity contribution in [1.82, 2.24) is 35.0 Å². The minimum atomic E-state index is -4.89. The number of piperazine rings is 1. The van der Waals surface area contributed by atoms with Crippen molar-refractivity contribution in [3.05, 3.63) is 141 Å². The molecule has 4 N–H and O–H groups in total. The van der Waals surface area contributed by atoms with Gasteiger partial charge in [0.25, 0.3) is 17.4 Å². The Kier molecular flexibility index (Phi) is 12.9. The minimum absolute atomic E-state index is 0.0384. The molecule has 3 heterocycles. The molecular weight excluding hydrogens is 861 g/mol. The summed E-state index contributed by atoms with van der Waals surface area (Å²) in [6, 6.07) is 20.8. The number of alkyl halides is 3. The molecule has 21 heteroatoms. The van der Waals surface area contributed by atoms with E-state index in [-0.39, 0.29) is 28.1 Å². The fourth-order valence-corrected chi connectivity index (χ4v) is 8.80. The SMILES string of the molecule is C[C@](O)(CS(=O)(=O)c1ccc(NCCn2cc(CN3CCN(C(=O)c4cc(Cc5n[nH]c(=O)c6ccccc56)ccc4F)CC3)nn2)cc1)C(=O)Nc1ccc(C#N)c(C(F)(F)F)c1. The smallest absolute Gasteiger partial charge is 0.383 e. The van der Waals surface area contributed by atoms with Crippen LogP contribution in [0, 0.1) is 17.1 Å². The number of anilines is 2. The number of aromatic nitrogens is 5. The zero-order valence-corrected chi connectivity index (χ0v) is 34.9. The number of aliphatic hydroxyl groups is 1. The molecule has 1 fully saturated rings. The molecule has 1 atom stereocenters. The van der Waals surface area contributed by atoms with E-state index in [1.54, 1.807) is 46.1 Å². The average Bonchev–Trinajstić information content (AvgIpc) is 3.71. The fourth-order valence-electron chi connectivity index (χ4n) is 7.21. The number of hydrogen-bond donors (Lipinski definition) is 4. The molecule has 7 rings (SSSR count). The molecule has 0 unspecified atom stereocenters. The number of benzene rings is 4. The van der Waals surface area contributed by atoms with Crippen LogP contribution < -0.4 is 16.2 Å². The Morgan fingerprint density at radius 1 is 0.953 bits per heavy atom. The second-order valence-corrected chi connectivity index (χ2v) is 17.4. The number of halogens is 4. The molecule has 332 valence electrons. The van der Waals surface area contributed by atoms with Gasteiger partial charge in [-0.2, -0.15) is 23.5 Å². The Morgan fingerprint density at radius 3 is 2.36 bits per heavy atom. The van der Waals surface area contributed by atoms with Crippen LogP contribution in [0.1, 0.15) is 45.4 Å². The molecule has 1 aliphatic rings. The summed E-state index contributed by atoms with van der Waals surface area (Å²) in [7, 11) is -4.26. The van der Waals surface area contributed by atoms with Crippen LogP contribution in [0.15, 0.2) is 101 Å². The molecule has 16 nitrogen and oxygen atoms in total. The number of rotatable bonds is 14. The topological polar surface area (TPSA) is 219 Å². The number of amides is 2. The summed E-state index contributed by atoms with van der Waals surface area (Å²) in [6.45, 7) is 3.96. The Balaban J connectivity index is 0.861. The maximum absolute atomic E-state index is 15.0. The van der Waals surface area contributed by atoms with E-state index >= 15 is 0 Å². The van der Waals surface area contributed by atoms with E-state index < -0.39 is 56.1 Å². The van der Waals surface area contributed by atoms with E-state index in [0.717, 1.165) is 19.1 Å². The summed E-state index contributed by atoms with van der Waals surface area (Å²) in [5, 5.41) is 41.3. The zero-order valence-electron chi connectivity index (χ0n) is 34.1. The second-order valence-electron chi connectivity index (χ2n) is 15.4. The highest BCUT2D eigenvalue weighted by Crippen LogP contribution is 2.34. The van der Waals surface area contributed by atoms with Gasteiger partial charge >= 0.3 is 6.18 Å². The number of carbonyl (C=O) groups excluding carboxylic acids is 2. The standard InChI is InChI=1S/C43H40F4N10O6S/c1-42(61,41(60)50-30-8-7-28(23-48)36(22-30)43(45,46)47)26-64(62,63)32-11-9-29(10-12-32)49-14-15-57-25-31(51-54-57)24-55-16-18-56(19-17-55)40(59)35-20-27(6-13-37(35)44)21-38-33-4-2-3-5-34(33)39(58)53-52-38/h2-13,20,22,25,49,61H,14-19,21,24,26H2,1H3,(H,50,60)(H,53,58)/t42-/m0/s1. The van der Waals surface area contributed by atoms with Crippen LogP contribution in [-0.2, 0) is 40.3 Å². The van der Waals surface area contributed by atoms with Crippen LogP contribution >= 0.6 is 0 Å². The Morgan fingerprint density at radius 2 is 1.66 bits per heavy atom. The molecular formula is C43H40F4N10O6S. The molecule has 4 aromatic carbocycles. The molecule has 0 aliphatic carbocycles. The molecule has 2 aromatic heterocycles. The average molecular weight is 901 g/mol. The van der Waals surface area contributed by atoms with Gasteiger partial charge in [-0.05, 0) is 73.2 Å². The normalized spacial score (nSPS) is 14.5. The summed E-state index contributed by atoms with van der Waals surface area (Å²) in [5.74, 6) is -3.38. The third-order valence-corrected chi connectivity index (χ3v) is 12.5. The highest BCUT2D eigenvalue weighted by molar-refractivity contribution is 7.91. The number of fused-ring (bicyclic) bond motifs is 1. The van der Waals surface area contributed by atoms with Gasteiger partial charge in [-0.3, -0.25) is 24.0 Å². The first kappa shape index (κ1) is 45.0. The number of nitrogens with one attached hydrogen (secondary N) is 3. The molecule has 1 saturated heterocycles. The van der Waals surface area contributed by atoms with Gasteiger partial charge in [0.05, 0.1) is 56.7 Å². The van der Waals surface area contributed by atoms with E-state index in [0.29, 0.717) is 85.3 Å². The molecule has 0 spiro atoms. The number of hydrogen-bond acceptors (Lipinski definition) is 12. The van der Waals surface area contributed by atoms with Crippen molar-refractivity contribution >= 4 is 43.8 Å². The fraction of sp³-hybridized carbons (Fsp3) is 0.279. The Hall–Kier alpha value is -7.02. The number of nitrogens with zero attached hydrogens (tertiary/aromatic N) is 7. The van der Waals surface area contributed by atoms with Gasteiger partial charge in [-0.1, -0.05) is 29.5 Å². The summed E-state index contributed by atoms with van der Waals surface area (Å²) >= 11 is 0. The van der Waals surface area contributed by atoms with Crippen LogP contribution in [0.5, 0.6) is 0 Å². The molecule has 2 amide bonds. The summed E-state index contributed by atoms with van der Waals surface area (Å²) < 4.78 is 83.0. The van der Waals surface area contributed by atoms with Gasteiger partial charge in [0.15, 0.2) is 15.4 Å². The highest BCUT2D eigenvalue weighted by Gasteiger charge is 2.38. The molecule has 0 bridgehead atoms. The van der Waals surface area contributed by atoms with Gasteiger partial charge in [0.1, 0.15) is 5.82 Å². The predicted molar refractivity (Wildman–Crippen MR) is 225 cm³/mol. The van der Waals surface area contributed by atoms with Crippen molar-refractivity contribution in [2.75, 3.05) is 49.1 Å². The van der Waals surface area contributed by atoms with Gasteiger partial charge < -0.3 is 20.6 Å². The summed E-state index contributed by atoms with van der Waals surface area (Å²) in [4.78, 5) is 42.0. The number of aromatic amines is 1. The monoisotopic (exact) mass is 900 g/mol. The van der Waals surface area contributed by atoms with Crippen LogP contribution in [0.2, 0.25) is 0 Å². The first-order valence-electron chi connectivity index (χ1n) is 19.8. The van der Waals surface area contributed by atoms with E-state index in [2.05, 4.69) is 36.0 Å². The van der Waals surface area contributed by atoms with Crippen molar-refractivity contribution in [2.24, 2.45) is 0 Å². The van der Waals surface area contributed by atoms with E-state index in [1.165, 1.54) is 42.5 Å². The Labute approximate surface area is 363 Å². The van der Waals surface area contributed by atoms with Crippen LogP contribution in [0.4, 0.5) is 28.9 Å².